The van der Waals surface area contributed by atoms with Crippen molar-refractivity contribution in [3.8, 4) is 0 Å². The van der Waals surface area contributed by atoms with Crippen LogP contribution in [0, 0.1) is 50.0 Å². The van der Waals surface area contributed by atoms with Crippen molar-refractivity contribution >= 4 is 33.2 Å². The number of rotatable bonds is 5. The van der Waals surface area contributed by atoms with Gasteiger partial charge < -0.3 is 19.7 Å². The van der Waals surface area contributed by atoms with E-state index in [1.165, 1.54) is 18.2 Å². The molecule has 0 aromatic heterocycles. The largest absolute Gasteiger partial charge is 0.460 e. The minimum absolute atomic E-state index is 0.0590. The lowest BCUT2D eigenvalue weighted by atomic mass is 9.36. The van der Waals surface area contributed by atoms with Gasteiger partial charge in [0.2, 0.25) is 15.8 Å². The number of piperidine rings is 1. The minimum Gasteiger partial charge on any atom is -0.460 e. The van der Waals surface area contributed by atoms with Gasteiger partial charge in [0.05, 0.1) is 22.9 Å². The molecule has 3 heterocycles. The number of esters is 1. The van der Waals surface area contributed by atoms with Crippen LogP contribution >= 0.6 is 0 Å². The third kappa shape index (κ3) is 3.70. The molecule has 3 saturated heterocycles. The molecule has 7 fully saturated rings. The molecule has 4 bridgehead atoms. The second-order valence-corrected chi connectivity index (χ2v) is 16.5. The Bertz CT molecular complexity index is 1680. The Morgan fingerprint density at radius 1 is 1.15 bits per heavy atom. The molecular weight excluding hydrogens is 620 g/mol. The van der Waals surface area contributed by atoms with Gasteiger partial charge in [-0.25, -0.2) is 8.42 Å². The third-order valence-corrected chi connectivity index (χ3v) is 14.3. The highest BCUT2D eigenvalue weighted by atomic mass is 32.2. The van der Waals surface area contributed by atoms with Crippen LogP contribution in [0.1, 0.15) is 52.4 Å². The van der Waals surface area contributed by atoms with E-state index >= 15 is 0 Å². The van der Waals surface area contributed by atoms with E-state index in [9.17, 15) is 43.1 Å². The van der Waals surface area contributed by atoms with Crippen molar-refractivity contribution in [1.82, 2.24) is 4.31 Å². The normalized spacial score (nSPS) is 40.3. The summed E-state index contributed by atoms with van der Waals surface area (Å²) in [7, 11) is -4.23. The molecular formula is C32H38N2O11S. The summed E-state index contributed by atoms with van der Waals surface area (Å²) in [4.78, 5) is 52.3. The fourth-order valence-corrected chi connectivity index (χ4v) is 11.9. The van der Waals surface area contributed by atoms with Gasteiger partial charge in [-0.15, -0.1) is 0 Å². The predicted molar refractivity (Wildman–Crippen MR) is 158 cm³/mol. The van der Waals surface area contributed by atoms with Gasteiger partial charge in [0.25, 0.3) is 5.69 Å². The first-order chi connectivity index (χ1) is 21.6. The number of ketones is 2. The lowest BCUT2D eigenvalue weighted by Gasteiger charge is -2.73. The molecule has 0 radical (unpaired) electrons. The smallest absolute Gasteiger partial charge is 0.309 e. The Labute approximate surface area is 266 Å². The molecule has 46 heavy (non-hydrogen) atoms. The summed E-state index contributed by atoms with van der Waals surface area (Å²) in [5.74, 6) is -6.61. The van der Waals surface area contributed by atoms with Crippen molar-refractivity contribution in [2.45, 2.75) is 75.3 Å². The Kier molecular flexibility index (Phi) is 6.85. The predicted octanol–water partition coefficient (Wildman–Crippen LogP) is 2.14. The van der Waals surface area contributed by atoms with Crippen LogP contribution in [0.15, 0.2) is 41.3 Å². The number of nitro groups is 1. The van der Waals surface area contributed by atoms with Crippen LogP contribution in [0.2, 0.25) is 0 Å². The average molecular weight is 659 g/mol. The van der Waals surface area contributed by atoms with Crippen molar-refractivity contribution in [1.29, 1.82) is 0 Å². The molecule has 14 heteroatoms. The van der Waals surface area contributed by atoms with E-state index in [-0.39, 0.29) is 50.3 Å². The van der Waals surface area contributed by atoms with E-state index in [1.807, 2.05) is 13.8 Å². The monoisotopic (exact) mass is 658 g/mol. The number of Topliss-reactive ketones (excluding diaryl/α,β-unsaturated/α-hetero) is 2. The summed E-state index contributed by atoms with van der Waals surface area (Å²) >= 11 is 0. The summed E-state index contributed by atoms with van der Waals surface area (Å²) in [6, 6.07) is 5.08. The number of carbonyl (C=O) groups excluding carboxylic acids is 3. The van der Waals surface area contributed by atoms with Gasteiger partial charge in [0.15, 0.2) is 10.7 Å². The molecule has 4 aliphatic carbocycles. The SMILES string of the molecule is C=C1C(=O)C23[C@H](OC(=O)C4CCN(S(=O)(=O)c5ccccc5[N+](=O)[O-])CC4)[C@H]1CC[C@H]2C12CO[C@@]3(O)[C@@H](O)[C@@H]1C(C)(C)CCC2=O. The molecule has 248 valence electrons. The number of aliphatic hydroxyl groups is 2. The number of fused-ring (bicyclic) bond motifs is 2. The molecule has 7 aliphatic rings. The standard InChI is InChI=1S/C32H38N2O11S/c1-17-19-8-9-22-30-16-44-32(39,26(37)24(30)29(2,3)13-10-23(30)35)31(22,25(17)36)27(19)45-28(38)18-11-14-33(15-12-18)46(42,43)21-7-5-4-6-20(21)34(40)41/h4-7,18-19,22,24,26-27,37,39H,1,8-16H2,2-3H3/t19-,22-,24+,26-,27+,30?,31?,32-/m0/s1. The highest BCUT2D eigenvalue weighted by Gasteiger charge is 2.88. The number of aliphatic hydroxyl groups excluding tert-OH is 1. The lowest BCUT2D eigenvalue weighted by molar-refractivity contribution is -0.437. The summed E-state index contributed by atoms with van der Waals surface area (Å²) in [6.45, 7) is 7.58. The van der Waals surface area contributed by atoms with E-state index in [0.29, 0.717) is 19.3 Å². The number of hydrogen-bond donors (Lipinski definition) is 2. The van der Waals surface area contributed by atoms with Crippen LogP contribution in [-0.2, 0) is 33.9 Å². The van der Waals surface area contributed by atoms with Gasteiger partial charge in [0.1, 0.15) is 23.4 Å². The van der Waals surface area contributed by atoms with Crippen LogP contribution < -0.4 is 0 Å². The summed E-state index contributed by atoms with van der Waals surface area (Å²) in [6.07, 6.45) is -1.17. The molecule has 0 amide bonds. The van der Waals surface area contributed by atoms with E-state index < -0.39 is 95.2 Å². The number of ether oxygens (including phenoxy) is 2. The summed E-state index contributed by atoms with van der Waals surface area (Å²) in [5, 5.41) is 35.7. The highest BCUT2D eigenvalue weighted by Crippen LogP contribution is 2.76. The number of hydrogen-bond acceptors (Lipinski definition) is 11. The van der Waals surface area contributed by atoms with E-state index in [4.69, 9.17) is 9.47 Å². The van der Waals surface area contributed by atoms with E-state index in [1.54, 1.807) is 0 Å². The molecule has 8 rings (SSSR count). The topological polar surface area (TPSA) is 191 Å². The van der Waals surface area contributed by atoms with Crippen LogP contribution in [-0.4, -0.2) is 83.1 Å². The van der Waals surface area contributed by atoms with Crippen molar-refractivity contribution in [2.24, 2.45) is 39.9 Å². The van der Waals surface area contributed by atoms with Crippen LogP contribution in [0.25, 0.3) is 0 Å². The zero-order valence-electron chi connectivity index (χ0n) is 25.7. The fourth-order valence-electron chi connectivity index (χ4n) is 10.3. The van der Waals surface area contributed by atoms with Crippen LogP contribution in [0.3, 0.4) is 0 Å². The van der Waals surface area contributed by atoms with E-state index in [0.717, 1.165) is 10.4 Å². The van der Waals surface area contributed by atoms with Gasteiger partial charge in [0, 0.05) is 37.4 Å². The second-order valence-electron chi connectivity index (χ2n) is 14.6. The number of nitrogens with zero attached hydrogens (tertiary/aromatic N) is 2. The summed E-state index contributed by atoms with van der Waals surface area (Å²) in [5.41, 5.74) is -4.08. The number of benzene rings is 1. The number of carbonyl (C=O) groups is 3. The quantitative estimate of drug-likeness (QED) is 0.204. The molecule has 8 atom stereocenters. The zero-order valence-corrected chi connectivity index (χ0v) is 26.5. The maximum atomic E-state index is 14.3. The first-order valence-electron chi connectivity index (χ1n) is 15.8. The van der Waals surface area contributed by atoms with Gasteiger partial charge in [-0.05, 0) is 55.1 Å². The Morgan fingerprint density at radius 3 is 2.50 bits per heavy atom. The molecule has 3 aliphatic heterocycles. The van der Waals surface area contributed by atoms with Crippen molar-refractivity contribution in [3.63, 3.8) is 0 Å². The van der Waals surface area contributed by atoms with Gasteiger partial charge in [-0.1, -0.05) is 32.6 Å². The first kappa shape index (κ1) is 31.6. The van der Waals surface area contributed by atoms with E-state index in [2.05, 4.69) is 6.58 Å². The van der Waals surface area contributed by atoms with Crippen molar-refractivity contribution in [2.75, 3.05) is 19.7 Å². The first-order valence-corrected chi connectivity index (χ1v) is 17.3. The fraction of sp³-hybridized carbons (Fsp3) is 0.656. The van der Waals surface area contributed by atoms with Crippen molar-refractivity contribution < 1.29 is 47.4 Å². The number of para-hydroxylation sites is 1. The molecule has 2 unspecified atom stereocenters. The Morgan fingerprint density at radius 2 is 1.83 bits per heavy atom. The van der Waals surface area contributed by atoms with Gasteiger partial charge >= 0.3 is 5.97 Å². The molecule has 2 N–H and O–H groups in total. The van der Waals surface area contributed by atoms with Crippen LogP contribution in [0.4, 0.5) is 5.69 Å². The van der Waals surface area contributed by atoms with Gasteiger partial charge in [-0.2, -0.15) is 4.31 Å². The number of sulfonamides is 1. The Hall–Kier alpha value is -3.04. The third-order valence-electron chi connectivity index (χ3n) is 12.3. The average Bonchev–Trinajstić information content (AvgIpc) is 3.13. The minimum atomic E-state index is -4.23. The summed E-state index contributed by atoms with van der Waals surface area (Å²) < 4.78 is 39.9. The Balaban J connectivity index is 1.18. The molecule has 1 aromatic carbocycles. The maximum Gasteiger partial charge on any atom is 0.309 e. The molecule has 4 saturated carbocycles. The lowest BCUT2D eigenvalue weighted by Crippen LogP contribution is -2.85. The van der Waals surface area contributed by atoms with Gasteiger partial charge in [-0.3, -0.25) is 24.5 Å². The van der Waals surface area contributed by atoms with Crippen LogP contribution in [0.5, 0.6) is 0 Å². The van der Waals surface area contributed by atoms with Crippen molar-refractivity contribution in [3.05, 3.63) is 46.5 Å². The molecule has 2 spiro atoms. The maximum absolute atomic E-state index is 14.3. The highest BCUT2D eigenvalue weighted by molar-refractivity contribution is 7.89. The molecule has 13 nitrogen and oxygen atoms in total. The number of nitro benzene ring substituents is 1. The second kappa shape index (κ2) is 9.99. The zero-order chi connectivity index (χ0) is 33.2. The molecule has 1 aromatic rings.